The first-order chi connectivity index (χ1) is 8.15. The van der Waals surface area contributed by atoms with Crippen LogP contribution in [0.5, 0.6) is 0 Å². The van der Waals surface area contributed by atoms with E-state index >= 15 is 0 Å². The van der Waals surface area contributed by atoms with Crippen molar-refractivity contribution in [2.24, 2.45) is 5.92 Å². The lowest BCUT2D eigenvalue weighted by Crippen LogP contribution is -2.30. The molecule has 0 aromatic heterocycles. The smallest absolute Gasteiger partial charge is 0.0666 e. The molecule has 0 aliphatic heterocycles. The van der Waals surface area contributed by atoms with Gasteiger partial charge in [0.1, 0.15) is 0 Å². The zero-order valence-electron chi connectivity index (χ0n) is 10.7. The van der Waals surface area contributed by atoms with Crippen LogP contribution in [0.2, 0.25) is 0 Å². The van der Waals surface area contributed by atoms with Gasteiger partial charge < -0.3 is 10.6 Å². The highest BCUT2D eigenvalue weighted by Crippen LogP contribution is 2.07. The van der Waals surface area contributed by atoms with Gasteiger partial charge >= 0.3 is 0 Å². The van der Waals surface area contributed by atoms with Crippen LogP contribution in [-0.2, 0) is 6.42 Å². The lowest BCUT2D eigenvalue weighted by molar-refractivity contribution is 0.272. The number of nitrogens with two attached hydrogens (primary N) is 1. The van der Waals surface area contributed by atoms with Crippen LogP contribution >= 0.6 is 0 Å². The fourth-order valence-corrected chi connectivity index (χ4v) is 1.78. The number of nitrogens with zero attached hydrogens (tertiary/aromatic N) is 2. The van der Waals surface area contributed by atoms with Gasteiger partial charge in [0.25, 0.3) is 0 Å². The van der Waals surface area contributed by atoms with Crippen molar-refractivity contribution in [1.82, 2.24) is 4.90 Å². The van der Waals surface area contributed by atoms with Crippen molar-refractivity contribution in [2.45, 2.75) is 20.3 Å². The van der Waals surface area contributed by atoms with Crippen LogP contribution in [0.4, 0.5) is 5.69 Å². The maximum Gasteiger partial charge on any atom is 0.0666 e. The third kappa shape index (κ3) is 4.88. The van der Waals surface area contributed by atoms with Gasteiger partial charge in [0.05, 0.1) is 12.0 Å². The summed E-state index contributed by atoms with van der Waals surface area (Å²) in [5.41, 5.74) is 7.74. The number of nitriles is 1. The van der Waals surface area contributed by atoms with Gasteiger partial charge in [-0.15, -0.1) is 0 Å². The number of hydrogen-bond acceptors (Lipinski definition) is 3. The van der Waals surface area contributed by atoms with E-state index in [0.717, 1.165) is 31.7 Å². The van der Waals surface area contributed by atoms with E-state index in [1.165, 1.54) is 5.56 Å². The van der Waals surface area contributed by atoms with Gasteiger partial charge in [0, 0.05) is 18.8 Å². The summed E-state index contributed by atoms with van der Waals surface area (Å²) in [6.45, 7) is 6.92. The Labute approximate surface area is 104 Å². The molecule has 0 amide bonds. The normalized spacial score (nSPS) is 12.4. The van der Waals surface area contributed by atoms with Gasteiger partial charge in [0.2, 0.25) is 0 Å². The Kier molecular flexibility index (Phi) is 5.51. The van der Waals surface area contributed by atoms with E-state index in [2.05, 4.69) is 30.0 Å². The standard InChI is InChI=1S/C14H21N3/c1-3-17(11-12(2)10-15)9-8-13-4-6-14(16)7-5-13/h4-7,12H,3,8-9,11,16H2,1-2H3. The highest BCUT2D eigenvalue weighted by atomic mass is 15.1. The van der Waals surface area contributed by atoms with Crippen molar-refractivity contribution in [3.8, 4) is 6.07 Å². The van der Waals surface area contributed by atoms with Gasteiger partial charge in [0.15, 0.2) is 0 Å². The first-order valence-corrected chi connectivity index (χ1v) is 6.12. The average molecular weight is 231 g/mol. The fourth-order valence-electron chi connectivity index (χ4n) is 1.78. The Hall–Kier alpha value is -1.53. The molecule has 1 aromatic rings. The van der Waals surface area contributed by atoms with E-state index < -0.39 is 0 Å². The molecule has 0 heterocycles. The van der Waals surface area contributed by atoms with Gasteiger partial charge in [-0.3, -0.25) is 0 Å². The Bertz CT molecular complexity index is 364. The molecule has 1 rings (SSSR count). The molecule has 0 bridgehead atoms. The molecule has 0 aliphatic carbocycles. The minimum Gasteiger partial charge on any atom is -0.399 e. The molecule has 17 heavy (non-hydrogen) atoms. The molecule has 3 nitrogen and oxygen atoms in total. The highest BCUT2D eigenvalue weighted by molar-refractivity contribution is 5.39. The molecule has 0 aliphatic rings. The van der Waals surface area contributed by atoms with Crippen LogP contribution in [0, 0.1) is 17.2 Å². The van der Waals surface area contributed by atoms with Gasteiger partial charge in [-0.05, 0) is 37.6 Å². The van der Waals surface area contributed by atoms with Crippen molar-refractivity contribution in [3.63, 3.8) is 0 Å². The third-order valence-corrected chi connectivity index (χ3v) is 2.90. The van der Waals surface area contributed by atoms with Crippen molar-refractivity contribution < 1.29 is 0 Å². The lowest BCUT2D eigenvalue weighted by atomic mass is 10.1. The second-order valence-corrected chi connectivity index (χ2v) is 4.41. The molecule has 2 N–H and O–H groups in total. The molecule has 0 radical (unpaired) electrons. The molecule has 0 spiro atoms. The summed E-state index contributed by atoms with van der Waals surface area (Å²) in [7, 11) is 0. The number of anilines is 1. The third-order valence-electron chi connectivity index (χ3n) is 2.90. The van der Waals surface area contributed by atoms with E-state index in [4.69, 9.17) is 11.0 Å². The predicted octanol–water partition coefficient (Wildman–Crippen LogP) is 2.29. The van der Waals surface area contributed by atoms with E-state index in [0.29, 0.717) is 0 Å². The molecule has 92 valence electrons. The van der Waals surface area contributed by atoms with Gasteiger partial charge in [-0.2, -0.15) is 5.26 Å². The second kappa shape index (κ2) is 6.93. The number of benzene rings is 1. The van der Waals surface area contributed by atoms with E-state index in [9.17, 15) is 0 Å². The number of rotatable bonds is 6. The summed E-state index contributed by atoms with van der Waals surface area (Å²) in [5.74, 6) is 0.0985. The van der Waals surface area contributed by atoms with E-state index in [1.807, 2.05) is 19.1 Å². The highest BCUT2D eigenvalue weighted by Gasteiger charge is 2.07. The van der Waals surface area contributed by atoms with Crippen molar-refractivity contribution in [2.75, 3.05) is 25.4 Å². The minimum atomic E-state index is 0.0985. The lowest BCUT2D eigenvalue weighted by Gasteiger charge is -2.21. The molecular formula is C14H21N3. The zero-order valence-corrected chi connectivity index (χ0v) is 10.7. The van der Waals surface area contributed by atoms with Crippen LogP contribution in [0.3, 0.4) is 0 Å². The van der Waals surface area contributed by atoms with Crippen molar-refractivity contribution >= 4 is 5.69 Å². The molecule has 0 saturated carbocycles. The Morgan fingerprint density at radius 3 is 2.53 bits per heavy atom. The first kappa shape index (κ1) is 13.5. The Morgan fingerprint density at radius 2 is 2.00 bits per heavy atom. The number of likely N-dealkylation sites (N-methyl/N-ethyl adjacent to an activating group) is 1. The summed E-state index contributed by atoms with van der Waals surface area (Å²) in [6.07, 6.45) is 1.01. The Morgan fingerprint density at radius 1 is 1.35 bits per heavy atom. The average Bonchev–Trinajstić information content (AvgIpc) is 2.36. The molecule has 0 saturated heterocycles. The van der Waals surface area contributed by atoms with Gasteiger partial charge in [-0.1, -0.05) is 19.1 Å². The van der Waals surface area contributed by atoms with Crippen LogP contribution in [0.25, 0.3) is 0 Å². The quantitative estimate of drug-likeness (QED) is 0.764. The second-order valence-electron chi connectivity index (χ2n) is 4.41. The molecule has 1 aromatic carbocycles. The largest absolute Gasteiger partial charge is 0.399 e. The number of nitrogen functional groups attached to an aromatic ring is 1. The monoisotopic (exact) mass is 231 g/mol. The maximum absolute atomic E-state index is 8.80. The van der Waals surface area contributed by atoms with Crippen molar-refractivity contribution in [1.29, 1.82) is 5.26 Å². The van der Waals surface area contributed by atoms with Crippen LogP contribution in [0.1, 0.15) is 19.4 Å². The predicted molar refractivity (Wildman–Crippen MR) is 71.4 cm³/mol. The summed E-state index contributed by atoms with van der Waals surface area (Å²) in [5, 5.41) is 8.80. The molecule has 0 fully saturated rings. The van der Waals surface area contributed by atoms with Crippen LogP contribution in [-0.4, -0.2) is 24.5 Å². The SMILES string of the molecule is CCN(CCc1ccc(N)cc1)CC(C)C#N. The molecular weight excluding hydrogens is 210 g/mol. The molecule has 3 heteroatoms. The van der Waals surface area contributed by atoms with Crippen LogP contribution < -0.4 is 5.73 Å². The number of hydrogen-bond donors (Lipinski definition) is 1. The minimum absolute atomic E-state index is 0.0985. The topological polar surface area (TPSA) is 53.0 Å². The van der Waals surface area contributed by atoms with E-state index in [-0.39, 0.29) is 5.92 Å². The molecule has 1 atom stereocenters. The molecule has 1 unspecified atom stereocenters. The summed E-state index contributed by atoms with van der Waals surface area (Å²) < 4.78 is 0. The summed E-state index contributed by atoms with van der Waals surface area (Å²) in [4.78, 5) is 2.31. The van der Waals surface area contributed by atoms with Crippen molar-refractivity contribution in [3.05, 3.63) is 29.8 Å². The summed E-state index contributed by atoms with van der Waals surface area (Å²) >= 11 is 0. The Balaban J connectivity index is 2.42. The van der Waals surface area contributed by atoms with Crippen LogP contribution in [0.15, 0.2) is 24.3 Å². The summed E-state index contributed by atoms with van der Waals surface area (Å²) in [6, 6.07) is 10.3. The van der Waals surface area contributed by atoms with E-state index in [1.54, 1.807) is 0 Å². The fraction of sp³-hybridized carbons (Fsp3) is 0.500. The zero-order chi connectivity index (χ0) is 12.7. The maximum atomic E-state index is 8.80. The van der Waals surface area contributed by atoms with Gasteiger partial charge in [-0.25, -0.2) is 0 Å². The first-order valence-electron chi connectivity index (χ1n) is 6.12.